The minimum atomic E-state index is -0.658. The number of morpholine rings is 1. The number of nitrogens with two attached hydrogens (primary N) is 1. The second-order valence-electron chi connectivity index (χ2n) is 9.28. The summed E-state index contributed by atoms with van der Waals surface area (Å²) in [6.07, 6.45) is 1.77. The zero-order valence-corrected chi connectivity index (χ0v) is 21.2. The third-order valence-electron chi connectivity index (χ3n) is 6.79. The van der Waals surface area contributed by atoms with Crippen molar-refractivity contribution in [2.45, 2.75) is 32.4 Å². The number of urea groups is 1. The van der Waals surface area contributed by atoms with Crippen molar-refractivity contribution >= 4 is 17.7 Å². The molecule has 3 aromatic rings. The molecule has 12 nitrogen and oxygen atoms in total. The van der Waals surface area contributed by atoms with Crippen LogP contribution in [0.5, 0.6) is 6.01 Å². The van der Waals surface area contributed by atoms with E-state index in [1.165, 1.54) is 6.26 Å². The van der Waals surface area contributed by atoms with Gasteiger partial charge >= 0.3 is 12.0 Å². The molecule has 0 aliphatic carbocycles. The lowest BCUT2D eigenvalue weighted by molar-refractivity contribution is -0.123. The van der Waals surface area contributed by atoms with Crippen LogP contribution < -0.4 is 10.5 Å². The number of nitrogens with zero attached hydrogens (tertiary/aromatic N) is 5. The maximum atomic E-state index is 13.3. The number of carbonyl (C=O) groups is 3. The quantitative estimate of drug-likeness (QED) is 0.511. The van der Waals surface area contributed by atoms with E-state index in [-0.39, 0.29) is 36.8 Å². The monoisotopic (exact) mass is 522 g/mol. The summed E-state index contributed by atoms with van der Waals surface area (Å²) in [7, 11) is 0. The number of aromatic nitrogens is 3. The number of hydrogen-bond acceptors (Lipinski definition) is 9. The van der Waals surface area contributed by atoms with Gasteiger partial charge < -0.3 is 29.4 Å². The highest BCUT2D eigenvalue weighted by Crippen LogP contribution is 2.27. The maximum Gasteiger partial charge on any atom is 0.323 e. The summed E-state index contributed by atoms with van der Waals surface area (Å²) in [6, 6.07) is 8.93. The largest absolute Gasteiger partial charge is 0.469 e. The third kappa shape index (κ3) is 5.31. The van der Waals surface area contributed by atoms with Gasteiger partial charge in [0.25, 0.3) is 5.91 Å². The average Bonchev–Trinajstić information content (AvgIpc) is 3.58. The first-order chi connectivity index (χ1) is 18.4. The fourth-order valence-corrected chi connectivity index (χ4v) is 4.54. The summed E-state index contributed by atoms with van der Waals surface area (Å²) in [4.78, 5) is 47.0. The molecule has 2 aliphatic rings. The molecule has 2 saturated heterocycles. The van der Waals surface area contributed by atoms with Crippen molar-refractivity contribution in [3.63, 3.8) is 0 Å². The summed E-state index contributed by atoms with van der Waals surface area (Å²) >= 11 is 0. The van der Waals surface area contributed by atoms with E-state index in [1.54, 1.807) is 22.8 Å². The molecule has 38 heavy (non-hydrogen) atoms. The number of hydrogen-bond donors (Lipinski definition) is 1. The topological polar surface area (TPSA) is 146 Å². The van der Waals surface area contributed by atoms with Gasteiger partial charge in [0.15, 0.2) is 11.6 Å². The third-order valence-corrected chi connectivity index (χ3v) is 6.79. The average molecular weight is 523 g/mol. The van der Waals surface area contributed by atoms with Crippen LogP contribution in [0.25, 0.3) is 0 Å². The predicted molar refractivity (Wildman–Crippen MR) is 134 cm³/mol. The number of benzene rings is 1. The van der Waals surface area contributed by atoms with Crippen LogP contribution >= 0.6 is 0 Å². The Morgan fingerprint density at radius 1 is 1.08 bits per heavy atom. The Kier molecular flexibility index (Phi) is 7.52. The molecule has 4 heterocycles. The number of Topliss-reactive ketones (excluding diaryl/α,β-unsaturated/α-hetero) is 1. The molecule has 2 N–H and O–H groups in total. The van der Waals surface area contributed by atoms with Crippen LogP contribution in [-0.2, 0) is 22.7 Å². The molecule has 2 fully saturated rings. The highest BCUT2D eigenvalue weighted by atomic mass is 16.5. The van der Waals surface area contributed by atoms with Crippen molar-refractivity contribution in [2.24, 2.45) is 5.73 Å². The van der Waals surface area contributed by atoms with E-state index >= 15 is 0 Å². The molecule has 2 aliphatic heterocycles. The first-order valence-electron chi connectivity index (χ1n) is 12.6. The van der Waals surface area contributed by atoms with E-state index in [9.17, 15) is 14.4 Å². The van der Waals surface area contributed by atoms with Crippen molar-refractivity contribution in [3.8, 4) is 6.01 Å². The van der Waals surface area contributed by atoms with E-state index < -0.39 is 11.8 Å². The SMILES string of the molecule is Cc1occc1C(=O)n1nc(C2CCN(C(=O)N3CCOCC3)CC2=O)nc1OCc1ccc(CN)cc1. The Bertz CT molecular complexity index is 1310. The molecule has 0 spiro atoms. The summed E-state index contributed by atoms with van der Waals surface area (Å²) in [5, 5.41) is 4.40. The van der Waals surface area contributed by atoms with E-state index in [4.69, 9.17) is 19.6 Å². The van der Waals surface area contributed by atoms with Gasteiger partial charge in [0.05, 0.1) is 37.5 Å². The van der Waals surface area contributed by atoms with Crippen molar-refractivity contribution in [1.29, 1.82) is 0 Å². The smallest absolute Gasteiger partial charge is 0.323 e. The Labute approximate surface area is 219 Å². The molecule has 200 valence electrons. The Hall–Kier alpha value is -4.03. The van der Waals surface area contributed by atoms with Gasteiger partial charge in [0, 0.05) is 26.2 Å². The van der Waals surface area contributed by atoms with E-state index in [0.717, 1.165) is 15.8 Å². The van der Waals surface area contributed by atoms with Crippen LogP contribution in [0.3, 0.4) is 0 Å². The molecule has 1 aromatic carbocycles. The number of rotatable bonds is 6. The zero-order valence-electron chi connectivity index (χ0n) is 21.2. The second kappa shape index (κ2) is 11.2. The molecule has 0 radical (unpaired) electrons. The summed E-state index contributed by atoms with van der Waals surface area (Å²) in [5.74, 6) is -0.700. The molecule has 12 heteroatoms. The lowest BCUT2D eigenvalue weighted by Gasteiger charge is -2.35. The number of ketones is 1. The first kappa shape index (κ1) is 25.6. The van der Waals surface area contributed by atoms with Crippen LogP contribution in [-0.4, -0.2) is 81.7 Å². The van der Waals surface area contributed by atoms with Crippen LogP contribution in [0.1, 0.15) is 45.4 Å². The second-order valence-corrected chi connectivity index (χ2v) is 9.28. The minimum absolute atomic E-state index is 0.0203. The molecule has 1 unspecified atom stereocenters. The maximum absolute atomic E-state index is 13.3. The van der Waals surface area contributed by atoms with Gasteiger partial charge in [-0.1, -0.05) is 24.3 Å². The Morgan fingerprint density at radius 2 is 1.82 bits per heavy atom. The number of aryl methyl sites for hydroxylation is 1. The summed E-state index contributed by atoms with van der Waals surface area (Å²) in [5.41, 5.74) is 7.83. The number of carbonyl (C=O) groups excluding carboxylic acids is 3. The van der Waals surface area contributed by atoms with Gasteiger partial charge in [-0.2, -0.15) is 4.98 Å². The number of piperidine rings is 1. The van der Waals surface area contributed by atoms with Gasteiger partial charge in [-0.05, 0) is 30.5 Å². The van der Waals surface area contributed by atoms with Gasteiger partial charge in [0.2, 0.25) is 0 Å². The molecular weight excluding hydrogens is 492 g/mol. The molecule has 0 saturated carbocycles. The summed E-state index contributed by atoms with van der Waals surface area (Å²) in [6.45, 7) is 4.56. The summed E-state index contributed by atoms with van der Waals surface area (Å²) < 4.78 is 17.6. The predicted octanol–water partition coefficient (Wildman–Crippen LogP) is 1.72. The Balaban J connectivity index is 1.35. The van der Waals surface area contributed by atoms with Gasteiger partial charge in [-0.15, -0.1) is 9.78 Å². The molecule has 0 bridgehead atoms. The molecule has 2 amide bonds. The van der Waals surface area contributed by atoms with Crippen LogP contribution in [0.15, 0.2) is 41.0 Å². The van der Waals surface area contributed by atoms with Crippen molar-refractivity contribution in [3.05, 3.63) is 64.9 Å². The minimum Gasteiger partial charge on any atom is -0.469 e. The fourth-order valence-electron chi connectivity index (χ4n) is 4.54. The number of ether oxygens (including phenoxy) is 2. The first-order valence-corrected chi connectivity index (χ1v) is 12.6. The molecule has 5 rings (SSSR count). The standard InChI is InChI=1S/C26H30N6O6/c1-17-20(7-11-37-17)24(34)32-25(38-16-19-4-2-18(14-27)3-5-19)28-23(29-32)21-6-8-31(15-22(21)33)26(35)30-9-12-36-13-10-30/h2-5,7,11,21H,6,8-10,12-16,27H2,1H3. The highest BCUT2D eigenvalue weighted by molar-refractivity contribution is 5.97. The van der Waals surface area contributed by atoms with E-state index in [0.29, 0.717) is 57.1 Å². The van der Waals surface area contributed by atoms with Crippen LogP contribution in [0, 0.1) is 6.92 Å². The van der Waals surface area contributed by atoms with E-state index in [2.05, 4.69) is 10.1 Å². The number of amides is 2. The van der Waals surface area contributed by atoms with Gasteiger partial charge in [-0.25, -0.2) is 4.79 Å². The lowest BCUT2D eigenvalue weighted by Crippen LogP contribution is -2.52. The fraction of sp³-hybridized carbons (Fsp3) is 0.423. The Morgan fingerprint density at radius 3 is 2.47 bits per heavy atom. The lowest BCUT2D eigenvalue weighted by atomic mass is 9.95. The van der Waals surface area contributed by atoms with Crippen molar-refractivity contribution < 1.29 is 28.3 Å². The van der Waals surface area contributed by atoms with Gasteiger partial charge in [0.1, 0.15) is 12.4 Å². The highest BCUT2D eigenvalue weighted by Gasteiger charge is 2.36. The number of furan rings is 1. The van der Waals surface area contributed by atoms with Crippen LogP contribution in [0.4, 0.5) is 4.79 Å². The number of likely N-dealkylation sites (tertiary alicyclic amines) is 1. The zero-order chi connectivity index (χ0) is 26.6. The normalized spacial score (nSPS) is 18.1. The van der Waals surface area contributed by atoms with Crippen LogP contribution in [0.2, 0.25) is 0 Å². The van der Waals surface area contributed by atoms with Crippen molar-refractivity contribution in [2.75, 3.05) is 39.4 Å². The molecular formula is C26H30N6O6. The van der Waals surface area contributed by atoms with E-state index in [1.807, 2.05) is 24.3 Å². The van der Waals surface area contributed by atoms with Crippen molar-refractivity contribution in [1.82, 2.24) is 24.6 Å². The van der Waals surface area contributed by atoms with Gasteiger partial charge in [-0.3, -0.25) is 9.59 Å². The molecule has 1 atom stereocenters. The molecule has 2 aromatic heterocycles.